The fourth-order valence-electron chi connectivity index (χ4n) is 2.48. The molecule has 0 aliphatic rings. The molecule has 122 valence electrons. The zero-order valence-corrected chi connectivity index (χ0v) is 13.5. The van der Waals surface area contributed by atoms with Crippen molar-refractivity contribution in [3.8, 4) is 0 Å². The normalized spacial score (nSPS) is 10.5. The van der Waals surface area contributed by atoms with Gasteiger partial charge in [0.1, 0.15) is 11.6 Å². The second kappa shape index (κ2) is 7.22. The Hall–Kier alpha value is -2.43. The number of halogens is 2. The van der Waals surface area contributed by atoms with E-state index in [0.29, 0.717) is 6.54 Å². The van der Waals surface area contributed by atoms with Crippen molar-refractivity contribution < 1.29 is 13.6 Å². The van der Waals surface area contributed by atoms with Gasteiger partial charge in [-0.2, -0.15) is 0 Å². The fourth-order valence-corrected chi connectivity index (χ4v) is 2.48. The van der Waals surface area contributed by atoms with E-state index in [9.17, 15) is 13.6 Å². The van der Waals surface area contributed by atoms with Crippen LogP contribution in [0.4, 0.5) is 20.2 Å². The maximum atomic E-state index is 13.6. The number of hydrogen-bond donors (Lipinski definition) is 1. The Labute approximate surface area is 134 Å². The molecule has 3 nitrogen and oxygen atoms in total. The number of anilines is 2. The van der Waals surface area contributed by atoms with Crippen molar-refractivity contribution in [2.75, 3.05) is 23.3 Å². The molecule has 0 aliphatic carbocycles. The average molecular weight is 318 g/mol. The Morgan fingerprint density at radius 3 is 2.52 bits per heavy atom. The van der Waals surface area contributed by atoms with Crippen molar-refractivity contribution in [3.63, 3.8) is 0 Å². The Bertz CT molecular complexity index is 716. The van der Waals surface area contributed by atoms with E-state index in [1.807, 2.05) is 43.9 Å². The van der Waals surface area contributed by atoms with E-state index in [0.717, 1.165) is 35.0 Å². The van der Waals surface area contributed by atoms with Gasteiger partial charge >= 0.3 is 0 Å². The molecule has 2 aromatic carbocycles. The zero-order chi connectivity index (χ0) is 17.0. The van der Waals surface area contributed by atoms with Crippen LogP contribution in [0.1, 0.15) is 18.1 Å². The second-order valence-corrected chi connectivity index (χ2v) is 5.48. The van der Waals surface area contributed by atoms with Gasteiger partial charge in [-0.15, -0.1) is 0 Å². The van der Waals surface area contributed by atoms with Crippen molar-refractivity contribution in [2.24, 2.45) is 0 Å². The summed E-state index contributed by atoms with van der Waals surface area (Å²) >= 11 is 0. The third-order valence-electron chi connectivity index (χ3n) is 3.61. The summed E-state index contributed by atoms with van der Waals surface area (Å²) in [5.74, 6) is -1.64. The highest BCUT2D eigenvalue weighted by atomic mass is 19.1. The Kier molecular flexibility index (Phi) is 5.32. The highest BCUT2D eigenvalue weighted by Gasteiger charge is 2.14. The van der Waals surface area contributed by atoms with E-state index in [1.165, 1.54) is 0 Å². The number of carbonyl (C=O) groups excluding carboxylic acids is 1. The molecule has 0 aromatic heterocycles. The predicted molar refractivity (Wildman–Crippen MR) is 88.8 cm³/mol. The van der Waals surface area contributed by atoms with Gasteiger partial charge in [-0.25, -0.2) is 8.78 Å². The summed E-state index contributed by atoms with van der Waals surface area (Å²) in [6, 6.07) is 8.97. The lowest BCUT2D eigenvalue weighted by Gasteiger charge is -2.24. The summed E-state index contributed by atoms with van der Waals surface area (Å²) in [5, 5.41) is 2.42. The Morgan fingerprint density at radius 1 is 1.13 bits per heavy atom. The molecule has 0 fully saturated rings. The molecular formula is C18H20F2N2O. The first kappa shape index (κ1) is 16.9. The Morgan fingerprint density at radius 2 is 1.87 bits per heavy atom. The molecule has 5 heteroatoms. The first-order valence-electron chi connectivity index (χ1n) is 7.47. The van der Waals surface area contributed by atoms with Crippen molar-refractivity contribution in [3.05, 3.63) is 59.2 Å². The van der Waals surface area contributed by atoms with Crippen molar-refractivity contribution >= 4 is 17.3 Å². The largest absolute Gasteiger partial charge is 0.362 e. The standard InChI is InChI=1S/C18H20F2N2O/c1-4-22(17-8-5-12(2)9-13(17)3)11-18(23)21-16-10-14(19)6-7-15(16)20/h5-10H,4,11H2,1-3H3,(H,21,23). The van der Waals surface area contributed by atoms with Crippen LogP contribution < -0.4 is 10.2 Å². The number of nitrogens with zero attached hydrogens (tertiary/aromatic N) is 1. The van der Waals surface area contributed by atoms with Gasteiger partial charge in [0, 0.05) is 18.3 Å². The lowest BCUT2D eigenvalue weighted by Crippen LogP contribution is -2.33. The molecule has 0 radical (unpaired) electrons. The highest BCUT2D eigenvalue weighted by Crippen LogP contribution is 2.21. The SMILES string of the molecule is CCN(CC(=O)Nc1cc(F)ccc1F)c1ccc(C)cc1C. The van der Waals surface area contributed by atoms with E-state index in [-0.39, 0.29) is 12.2 Å². The zero-order valence-electron chi connectivity index (χ0n) is 13.5. The molecule has 0 saturated carbocycles. The molecule has 2 rings (SSSR count). The van der Waals surface area contributed by atoms with Gasteiger partial charge in [0.05, 0.1) is 12.2 Å². The molecule has 0 atom stereocenters. The summed E-state index contributed by atoms with van der Waals surface area (Å²) in [6.07, 6.45) is 0. The van der Waals surface area contributed by atoms with Gasteiger partial charge in [-0.05, 0) is 44.5 Å². The number of amides is 1. The summed E-state index contributed by atoms with van der Waals surface area (Å²) in [4.78, 5) is 14.0. The quantitative estimate of drug-likeness (QED) is 0.902. The van der Waals surface area contributed by atoms with Crippen molar-refractivity contribution in [2.45, 2.75) is 20.8 Å². The van der Waals surface area contributed by atoms with Crippen molar-refractivity contribution in [1.82, 2.24) is 0 Å². The maximum Gasteiger partial charge on any atom is 0.243 e. The number of carbonyl (C=O) groups is 1. The van der Waals surface area contributed by atoms with Crippen LogP contribution in [0, 0.1) is 25.5 Å². The summed E-state index contributed by atoms with van der Waals surface area (Å²) in [7, 11) is 0. The number of nitrogens with one attached hydrogen (secondary N) is 1. The van der Waals surface area contributed by atoms with Crippen LogP contribution in [0.25, 0.3) is 0 Å². The van der Waals surface area contributed by atoms with E-state index in [4.69, 9.17) is 0 Å². The number of benzene rings is 2. The molecule has 0 heterocycles. The molecule has 2 aromatic rings. The third-order valence-corrected chi connectivity index (χ3v) is 3.61. The lowest BCUT2D eigenvalue weighted by atomic mass is 10.1. The minimum atomic E-state index is -0.658. The molecule has 0 aliphatic heterocycles. The monoisotopic (exact) mass is 318 g/mol. The smallest absolute Gasteiger partial charge is 0.243 e. The number of hydrogen-bond acceptors (Lipinski definition) is 2. The van der Waals surface area contributed by atoms with Gasteiger partial charge in [0.25, 0.3) is 0 Å². The van der Waals surface area contributed by atoms with Crippen molar-refractivity contribution in [1.29, 1.82) is 0 Å². The van der Waals surface area contributed by atoms with Gasteiger partial charge in [-0.1, -0.05) is 17.7 Å². The van der Waals surface area contributed by atoms with Crippen LogP contribution in [0.2, 0.25) is 0 Å². The molecule has 0 spiro atoms. The third kappa shape index (κ3) is 4.28. The number of aryl methyl sites for hydroxylation is 2. The number of rotatable bonds is 5. The van der Waals surface area contributed by atoms with Gasteiger partial charge in [-0.3, -0.25) is 4.79 Å². The first-order chi connectivity index (χ1) is 10.9. The van der Waals surface area contributed by atoms with Crippen LogP contribution in [0.3, 0.4) is 0 Å². The highest BCUT2D eigenvalue weighted by molar-refractivity contribution is 5.94. The molecule has 23 heavy (non-hydrogen) atoms. The average Bonchev–Trinajstić information content (AvgIpc) is 2.49. The van der Waals surface area contributed by atoms with Crippen LogP contribution in [-0.4, -0.2) is 19.0 Å². The van der Waals surface area contributed by atoms with Gasteiger partial charge in [0.15, 0.2) is 0 Å². The summed E-state index contributed by atoms with van der Waals surface area (Å²) < 4.78 is 26.7. The molecule has 0 unspecified atom stereocenters. The fraction of sp³-hybridized carbons (Fsp3) is 0.278. The van der Waals surface area contributed by atoms with Crippen LogP contribution in [0.15, 0.2) is 36.4 Å². The van der Waals surface area contributed by atoms with Crippen LogP contribution in [0.5, 0.6) is 0 Å². The lowest BCUT2D eigenvalue weighted by molar-refractivity contribution is -0.115. The second-order valence-electron chi connectivity index (χ2n) is 5.48. The molecule has 0 saturated heterocycles. The van der Waals surface area contributed by atoms with E-state index < -0.39 is 17.5 Å². The predicted octanol–water partition coefficient (Wildman–Crippen LogP) is 4.05. The van der Waals surface area contributed by atoms with Crippen LogP contribution >= 0.6 is 0 Å². The number of likely N-dealkylation sites (N-methyl/N-ethyl adjacent to an activating group) is 1. The molecular weight excluding hydrogens is 298 g/mol. The Balaban J connectivity index is 2.12. The summed E-state index contributed by atoms with van der Waals surface area (Å²) in [6.45, 7) is 6.62. The first-order valence-corrected chi connectivity index (χ1v) is 7.47. The van der Waals surface area contributed by atoms with E-state index in [2.05, 4.69) is 5.32 Å². The van der Waals surface area contributed by atoms with Gasteiger partial charge < -0.3 is 10.2 Å². The van der Waals surface area contributed by atoms with Crippen LogP contribution in [-0.2, 0) is 4.79 Å². The van der Waals surface area contributed by atoms with E-state index >= 15 is 0 Å². The summed E-state index contributed by atoms with van der Waals surface area (Å²) in [5.41, 5.74) is 3.02. The van der Waals surface area contributed by atoms with Gasteiger partial charge in [0.2, 0.25) is 5.91 Å². The van der Waals surface area contributed by atoms with E-state index in [1.54, 1.807) is 0 Å². The minimum absolute atomic E-state index is 0.0658. The molecule has 0 bridgehead atoms. The maximum absolute atomic E-state index is 13.6. The molecule has 1 amide bonds. The molecule has 1 N–H and O–H groups in total. The minimum Gasteiger partial charge on any atom is -0.362 e. The topological polar surface area (TPSA) is 32.3 Å².